The van der Waals surface area contributed by atoms with Crippen molar-refractivity contribution in [3.05, 3.63) is 28.7 Å². The van der Waals surface area contributed by atoms with E-state index in [1.54, 1.807) is 0 Å². The number of nitrogens with zero attached hydrogens (tertiary/aromatic N) is 1. The standard InChI is InChI=1S/C17H23BrN4O2/c18-12-1-3-13(4-2-12)21-17(24)19-9-7-16(23)22-10-8-14-5-6-15(11-22)20-14/h1-4,14-15,20H,5-11H2,(H2,19,21,24). The van der Waals surface area contributed by atoms with Gasteiger partial charge in [0.05, 0.1) is 0 Å². The van der Waals surface area contributed by atoms with Crippen LogP contribution >= 0.6 is 15.9 Å². The van der Waals surface area contributed by atoms with Crippen LogP contribution in [0.3, 0.4) is 0 Å². The second-order valence-corrected chi connectivity index (χ2v) is 7.32. The van der Waals surface area contributed by atoms with Crippen LogP contribution in [0, 0.1) is 0 Å². The molecule has 1 aromatic carbocycles. The van der Waals surface area contributed by atoms with E-state index in [2.05, 4.69) is 31.9 Å². The number of likely N-dealkylation sites (tertiary alicyclic amines) is 1. The Labute approximate surface area is 150 Å². The van der Waals surface area contributed by atoms with E-state index in [1.807, 2.05) is 29.2 Å². The van der Waals surface area contributed by atoms with Crippen LogP contribution in [0.25, 0.3) is 0 Å². The van der Waals surface area contributed by atoms with Crippen LogP contribution in [0.1, 0.15) is 25.7 Å². The number of halogens is 1. The highest BCUT2D eigenvalue weighted by Gasteiger charge is 2.30. The summed E-state index contributed by atoms with van der Waals surface area (Å²) >= 11 is 3.35. The van der Waals surface area contributed by atoms with Crippen molar-refractivity contribution < 1.29 is 9.59 Å². The molecule has 2 atom stereocenters. The molecule has 2 aliphatic rings. The molecule has 2 fully saturated rings. The third kappa shape index (κ3) is 4.70. The van der Waals surface area contributed by atoms with Gasteiger partial charge in [-0.15, -0.1) is 0 Å². The molecule has 2 saturated heterocycles. The fraction of sp³-hybridized carbons (Fsp3) is 0.529. The maximum atomic E-state index is 12.3. The Bertz CT molecular complexity index is 593. The van der Waals surface area contributed by atoms with Gasteiger partial charge in [0.2, 0.25) is 5.91 Å². The van der Waals surface area contributed by atoms with Crippen molar-refractivity contribution in [2.24, 2.45) is 0 Å². The molecule has 3 rings (SSSR count). The van der Waals surface area contributed by atoms with Crippen molar-refractivity contribution in [2.75, 3.05) is 25.0 Å². The molecule has 6 nitrogen and oxygen atoms in total. The average molecular weight is 395 g/mol. The number of anilines is 1. The molecule has 0 aliphatic carbocycles. The SMILES string of the molecule is O=C(NCCC(=O)N1CCC2CCC(C1)N2)Nc1ccc(Br)cc1. The number of carbonyl (C=O) groups excluding carboxylic acids is 2. The summed E-state index contributed by atoms with van der Waals surface area (Å²) in [5.74, 6) is 0.119. The molecular formula is C17H23BrN4O2. The van der Waals surface area contributed by atoms with Gasteiger partial charge in [0.15, 0.2) is 0 Å². The van der Waals surface area contributed by atoms with E-state index in [0.717, 1.165) is 36.1 Å². The van der Waals surface area contributed by atoms with Gasteiger partial charge < -0.3 is 20.9 Å². The third-order valence-electron chi connectivity index (χ3n) is 4.60. The Morgan fingerprint density at radius 1 is 1.17 bits per heavy atom. The molecule has 1 aromatic rings. The molecule has 2 aliphatic heterocycles. The van der Waals surface area contributed by atoms with Gasteiger partial charge >= 0.3 is 6.03 Å². The minimum absolute atomic E-state index is 0.119. The monoisotopic (exact) mass is 394 g/mol. The smallest absolute Gasteiger partial charge is 0.319 e. The summed E-state index contributed by atoms with van der Waals surface area (Å²) in [4.78, 5) is 26.1. The normalized spacial score (nSPS) is 22.8. The van der Waals surface area contributed by atoms with Gasteiger partial charge in [-0.25, -0.2) is 4.79 Å². The summed E-state index contributed by atoms with van der Waals surface area (Å²) in [5.41, 5.74) is 0.719. The molecule has 0 saturated carbocycles. The largest absolute Gasteiger partial charge is 0.341 e. The fourth-order valence-electron chi connectivity index (χ4n) is 3.32. The molecule has 24 heavy (non-hydrogen) atoms. The topological polar surface area (TPSA) is 73.5 Å². The van der Waals surface area contributed by atoms with Gasteiger partial charge in [-0.2, -0.15) is 0 Å². The maximum absolute atomic E-state index is 12.3. The molecule has 2 bridgehead atoms. The van der Waals surface area contributed by atoms with Crippen LogP contribution in [0.4, 0.5) is 10.5 Å². The third-order valence-corrected chi connectivity index (χ3v) is 5.13. The van der Waals surface area contributed by atoms with Gasteiger partial charge in [0.1, 0.15) is 0 Å². The van der Waals surface area contributed by atoms with E-state index in [0.29, 0.717) is 25.0 Å². The summed E-state index contributed by atoms with van der Waals surface area (Å²) in [6, 6.07) is 8.07. The first kappa shape index (κ1) is 17.2. The maximum Gasteiger partial charge on any atom is 0.319 e. The highest BCUT2D eigenvalue weighted by atomic mass is 79.9. The molecule has 0 aromatic heterocycles. The first-order valence-corrected chi connectivity index (χ1v) is 9.24. The first-order valence-electron chi connectivity index (χ1n) is 8.44. The van der Waals surface area contributed by atoms with Crippen molar-refractivity contribution in [3.8, 4) is 0 Å². The number of benzene rings is 1. The Balaban J connectivity index is 1.38. The van der Waals surface area contributed by atoms with Crippen molar-refractivity contribution in [3.63, 3.8) is 0 Å². The van der Waals surface area contributed by atoms with Gasteiger partial charge in [0, 0.05) is 48.3 Å². The Hall–Kier alpha value is -1.60. The number of rotatable bonds is 4. The summed E-state index contributed by atoms with van der Waals surface area (Å²) < 4.78 is 0.958. The zero-order valence-corrected chi connectivity index (χ0v) is 15.1. The summed E-state index contributed by atoms with van der Waals surface area (Å²) in [6.45, 7) is 1.96. The molecule has 0 spiro atoms. The Kier molecular flexibility index (Phi) is 5.73. The van der Waals surface area contributed by atoms with Gasteiger partial charge in [-0.1, -0.05) is 15.9 Å². The van der Waals surface area contributed by atoms with Crippen LogP contribution in [-0.4, -0.2) is 48.6 Å². The Morgan fingerprint density at radius 2 is 1.92 bits per heavy atom. The number of urea groups is 1. The number of nitrogens with one attached hydrogen (secondary N) is 3. The van der Waals surface area contributed by atoms with Crippen LogP contribution in [0.2, 0.25) is 0 Å². The zero-order valence-electron chi connectivity index (χ0n) is 13.6. The van der Waals surface area contributed by atoms with Crippen molar-refractivity contribution in [1.82, 2.24) is 15.5 Å². The number of hydrogen-bond donors (Lipinski definition) is 3. The van der Waals surface area contributed by atoms with E-state index < -0.39 is 0 Å². The lowest BCUT2D eigenvalue weighted by Gasteiger charge is -2.24. The minimum atomic E-state index is -0.290. The molecule has 0 radical (unpaired) electrons. The lowest BCUT2D eigenvalue weighted by atomic mass is 10.1. The predicted molar refractivity (Wildman–Crippen MR) is 96.9 cm³/mol. The molecular weight excluding hydrogens is 372 g/mol. The highest BCUT2D eigenvalue weighted by molar-refractivity contribution is 9.10. The quantitative estimate of drug-likeness (QED) is 0.733. The lowest BCUT2D eigenvalue weighted by molar-refractivity contribution is -0.131. The lowest BCUT2D eigenvalue weighted by Crippen LogP contribution is -2.40. The second kappa shape index (κ2) is 7.98. The number of carbonyl (C=O) groups is 2. The van der Waals surface area contributed by atoms with Gasteiger partial charge in [-0.3, -0.25) is 4.79 Å². The summed E-state index contributed by atoms with van der Waals surface area (Å²) in [6.07, 6.45) is 3.75. The molecule has 3 N–H and O–H groups in total. The van der Waals surface area contributed by atoms with E-state index >= 15 is 0 Å². The van der Waals surface area contributed by atoms with Crippen LogP contribution in [0.15, 0.2) is 28.7 Å². The van der Waals surface area contributed by atoms with Crippen molar-refractivity contribution in [1.29, 1.82) is 0 Å². The van der Waals surface area contributed by atoms with Gasteiger partial charge in [-0.05, 0) is 43.5 Å². The van der Waals surface area contributed by atoms with E-state index in [4.69, 9.17) is 0 Å². The molecule has 7 heteroatoms. The molecule has 2 heterocycles. The highest BCUT2D eigenvalue weighted by Crippen LogP contribution is 2.20. The first-order chi connectivity index (χ1) is 11.6. The molecule has 3 amide bonds. The van der Waals surface area contributed by atoms with Crippen LogP contribution in [-0.2, 0) is 4.79 Å². The zero-order chi connectivity index (χ0) is 16.9. The second-order valence-electron chi connectivity index (χ2n) is 6.40. The van der Waals surface area contributed by atoms with Crippen LogP contribution < -0.4 is 16.0 Å². The number of hydrogen-bond acceptors (Lipinski definition) is 3. The van der Waals surface area contributed by atoms with Crippen molar-refractivity contribution >= 4 is 33.6 Å². The minimum Gasteiger partial charge on any atom is -0.341 e. The van der Waals surface area contributed by atoms with Gasteiger partial charge in [0.25, 0.3) is 0 Å². The summed E-state index contributed by atoms with van der Waals surface area (Å²) in [7, 11) is 0. The molecule has 2 unspecified atom stereocenters. The number of amides is 3. The van der Waals surface area contributed by atoms with E-state index in [-0.39, 0.29) is 11.9 Å². The predicted octanol–water partition coefficient (Wildman–Crippen LogP) is 2.31. The average Bonchev–Trinajstić information content (AvgIpc) is 2.88. The van der Waals surface area contributed by atoms with E-state index in [9.17, 15) is 9.59 Å². The Morgan fingerprint density at radius 3 is 2.71 bits per heavy atom. The van der Waals surface area contributed by atoms with Crippen LogP contribution in [0.5, 0.6) is 0 Å². The van der Waals surface area contributed by atoms with E-state index in [1.165, 1.54) is 6.42 Å². The molecule has 130 valence electrons. The van der Waals surface area contributed by atoms with Crippen molar-refractivity contribution in [2.45, 2.75) is 37.8 Å². The fourth-order valence-corrected chi connectivity index (χ4v) is 3.58. The summed E-state index contributed by atoms with van der Waals surface area (Å²) in [5, 5.41) is 9.06. The number of fused-ring (bicyclic) bond motifs is 2.